The van der Waals surface area contributed by atoms with Gasteiger partial charge in [0.1, 0.15) is 0 Å². The first kappa shape index (κ1) is 19.3. The molecule has 4 nitrogen and oxygen atoms in total. The van der Waals surface area contributed by atoms with Gasteiger partial charge in [0.05, 0.1) is 16.2 Å². The minimum atomic E-state index is -6.01. The zero-order valence-electron chi connectivity index (χ0n) is 12.0. The van der Waals surface area contributed by atoms with Crippen molar-refractivity contribution in [1.29, 1.82) is 0 Å². The smallest absolute Gasteiger partial charge is 0.458 e. The number of alkyl halides is 5. The van der Waals surface area contributed by atoms with E-state index < -0.39 is 55.2 Å². The van der Waals surface area contributed by atoms with Gasteiger partial charge in [0, 0.05) is 5.56 Å². The number of carbonyl (C=O) groups is 1. The van der Waals surface area contributed by atoms with E-state index in [0.717, 1.165) is 6.92 Å². The van der Waals surface area contributed by atoms with Crippen molar-refractivity contribution in [2.75, 3.05) is 5.75 Å². The van der Waals surface area contributed by atoms with Gasteiger partial charge >= 0.3 is 18.1 Å². The molecule has 0 aliphatic carbocycles. The van der Waals surface area contributed by atoms with Crippen molar-refractivity contribution >= 4 is 15.8 Å². The number of carboxylic acids is 1. The molecule has 0 spiro atoms. The number of halogens is 5. The highest BCUT2D eigenvalue weighted by Gasteiger charge is 2.60. The van der Waals surface area contributed by atoms with Crippen LogP contribution in [0.3, 0.4) is 0 Å². The maximum Gasteiger partial charge on any atom is 0.458 e. The molecule has 0 heterocycles. The van der Waals surface area contributed by atoms with Crippen molar-refractivity contribution in [3.63, 3.8) is 0 Å². The lowest BCUT2D eigenvalue weighted by Gasteiger charge is -2.24. The number of sulfone groups is 1. The molecule has 0 bridgehead atoms. The van der Waals surface area contributed by atoms with Crippen LogP contribution in [0.5, 0.6) is 0 Å². The maximum absolute atomic E-state index is 13.7. The van der Waals surface area contributed by atoms with E-state index in [4.69, 9.17) is 5.11 Å². The molecular weight excluding hydrogens is 347 g/mol. The molecule has 0 aromatic heterocycles. The Labute approximate surface area is 128 Å². The third kappa shape index (κ3) is 3.46. The van der Waals surface area contributed by atoms with E-state index >= 15 is 0 Å². The zero-order valence-corrected chi connectivity index (χ0v) is 12.9. The topological polar surface area (TPSA) is 71.4 Å². The summed E-state index contributed by atoms with van der Waals surface area (Å²) in [5.74, 6) is -7.74. The highest BCUT2D eigenvalue weighted by Crippen LogP contribution is 2.47. The van der Waals surface area contributed by atoms with E-state index in [1.807, 2.05) is 0 Å². The summed E-state index contributed by atoms with van der Waals surface area (Å²) in [4.78, 5) is 9.74. The van der Waals surface area contributed by atoms with E-state index in [9.17, 15) is 35.2 Å². The van der Waals surface area contributed by atoms with Crippen LogP contribution in [0.2, 0.25) is 0 Å². The third-order valence-corrected chi connectivity index (χ3v) is 5.21. The Balaban J connectivity index is 3.88. The van der Waals surface area contributed by atoms with Crippen LogP contribution in [0.25, 0.3) is 0 Å². The molecule has 1 aromatic rings. The molecular formula is C13H13F5O4S. The van der Waals surface area contributed by atoms with Gasteiger partial charge in [-0.2, -0.15) is 22.0 Å². The summed E-state index contributed by atoms with van der Waals surface area (Å²) in [6.45, 7) is 2.29. The second-order valence-corrected chi connectivity index (χ2v) is 6.86. The molecule has 0 unspecified atom stereocenters. The normalized spacial score (nSPS) is 13.2. The zero-order chi connectivity index (χ0) is 18.2. The number of hydrogen-bond acceptors (Lipinski definition) is 3. The third-order valence-electron chi connectivity index (χ3n) is 3.11. The predicted octanol–water partition coefficient (Wildman–Crippen LogP) is 3.53. The molecule has 0 aliphatic rings. The predicted molar refractivity (Wildman–Crippen MR) is 70.4 cm³/mol. The summed E-state index contributed by atoms with van der Waals surface area (Å²) < 4.78 is 89.4. The molecule has 0 saturated carbocycles. The average Bonchev–Trinajstić information content (AvgIpc) is 2.35. The highest BCUT2D eigenvalue weighted by molar-refractivity contribution is 7.91. The van der Waals surface area contributed by atoms with Crippen LogP contribution in [0.15, 0.2) is 17.0 Å². The van der Waals surface area contributed by atoms with E-state index in [1.54, 1.807) is 0 Å². The van der Waals surface area contributed by atoms with Crippen molar-refractivity contribution in [2.45, 2.75) is 37.3 Å². The summed E-state index contributed by atoms with van der Waals surface area (Å²) in [5, 5.41) is 8.93. The monoisotopic (exact) mass is 360 g/mol. The van der Waals surface area contributed by atoms with Gasteiger partial charge in [0.2, 0.25) is 0 Å². The Bertz CT molecular complexity index is 723. The summed E-state index contributed by atoms with van der Waals surface area (Å²) in [6.07, 6.45) is -6.04. The van der Waals surface area contributed by atoms with Crippen LogP contribution in [-0.4, -0.2) is 31.4 Å². The van der Waals surface area contributed by atoms with Gasteiger partial charge < -0.3 is 5.11 Å². The Kier molecular flexibility index (Phi) is 5.10. The van der Waals surface area contributed by atoms with Gasteiger partial charge in [0.15, 0.2) is 9.84 Å². The van der Waals surface area contributed by atoms with Crippen LogP contribution in [0, 0.1) is 6.92 Å². The first-order chi connectivity index (χ1) is 10.3. The molecule has 1 rings (SSSR count). The highest BCUT2D eigenvalue weighted by atomic mass is 32.2. The summed E-state index contributed by atoms with van der Waals surface area (Å²) in [6, 6.07) is 0.740. The lowest BCUT2D eigenvalue weighted by molar-refractivity contribution is -0.290. The van der Waals surface area contributed by atoms with Gasteiger partial charge in [-0.15, -0.1) is 0 Å². The quantitative estimate of drug-likeness (QED) is 0.816. The Morgan fingerprint density at radius 2 is 1.70 bits per heavy atom. The SMILES string of the molecule is CCCS(=O)(=O)c1c(C(F)(F)C(F)(F)F)ccc(C(=O)O)c1C. The van der Waals surface area contributed by atoms with Crippen molar-refractivity contribution in [2.24, 2.45) is 0 Å². The van der Waals surface area contributed by atoms with Crippen LogP contribution in [-0.2, 0) is 15.8 Å². The second kappa shape index (κ2) is 6.06. The largest absolute Gasteiger partial charge is 0.478 e. The van der Waals surface area contributed by atoms with Gasteiger partial charge in [-0.05, 0) is 25.0 Å². The second-order valence-electron chi connectivity index (χ2n) is 4.81. The van der Waals surface area contributed by atoms with Crippen LogP contribution >= 0.6 is 0 Å². The fourth-order valence-corrected chi connectivity index (χ4v) is 3.94. The molecule has 0 aliphatic heterocycles. The average molecular weight is 360 g/mol. The van der Waals surface area contributed by atoms with Crippen molar-refractivity contribution in [3.05, 3.63) is 28.8 Å². The van der Waals surface area contributed by atoms with Crippen LogP contribution < -0.4 is 0 Å². The fraction of sp³-hybridized carbons (Fsp3) is 0.462. The minimum absolute atomic E-state index is 0.0316. The minimum Gasteiger partial charge on any atom is -0.478 e. The molecule has 1 aromatic carbocycles. The van der Waals surface area contributed by atoms with Crippen molar-refractivity contribution in [3.8, 4) is 0 Å². The number of carboxylic acid groups (broad SMARTS) is 1. The lowest BCUT2D eigenvalue weighted by Crippen LogP contribution is -2.35. The summed E-state index contributed by atoms with van der Waals surface area (Å²) in [5.41, 5.74) is -3.06. The van der Waals surface area contributed by atoms with Crippen LogP contribution in [0.1, 0.15) is 34.8 Å². The molecule has 0 radical (unpaired) electrons. The molecule has 130 valence electrons. The molecule has 0 amide bonds. The standard InChI is InChI=1S/C13H13F5O4S/c1-3-6-23(21,22)10-7(2)8(11(19)20)4-5-9(10)12(14,15)13(16,17)18/h4-5H,3,6H2,1-2H3,(H,19,20). The first-order valence-corrected chi connectivity index (χ1v) is 7.97. The fourth-order valence-electron chi connectivity index (χ4n) is 2.09. The maximum atomic E-state index is 13.7. The number of hydrogen-bond donors (Lipinski definition) is 1. The molecule has 1 N–H and O–H groups in total. The number of benzene rings is 1. The molecule has 23 heavy (non-hydrogen) atoms. The number of aromatic carboxylic acids is 1. The van der Waals surface area contributed by atoms with E-state index in [0.29, 0.717) is 6.07 Å². The van der Waals surface area contributed by atoms with Gasteiger partial charge in [0.25, 0.3) is 0 Å². The van der Waals surface area contributed by atoms with Crippen molar-refractivity contribution < 1.29 is 40.3 Å². The Morgan fingerprint density at radius 1 is 1.17 bits per heavy atom. The van der Waals surface area contributed by atoms with E-state index in [2.05, 4.69) is 0 Å². The molecule has 0 saturated heterocycles. The van der Waals surface area contributed by atoms with Crippen molar-refractivity contribution in [1.82, 2.24) is 0 Å². The molecule has 10 heteroatoms. The van der Waals surface area contributed by atoms with Gasteiger partial charge in [-0.1, -0.05) is 13.0 Å². The molecule has 0 atom stereocenters. The summed E-state index contributed by atoms with van der Waals surface area (Å²) in [7, 11) is -4.51. The Morgan fingerprint density at radius 3 is 2.09 bits per heavy atom. The first-order valence-electron chi connectivity index (χ1n) is 6.32. The summed E-state index contributed by atoms with van der Waals surface area (Å²) >= 11 is 0. The lowest BCUT2D eigenvalue weighted by atomic mass is 10.0. The molecule has 0 fully saturated rings. The van der Waals surface area contributed by atoms with E-state index in [1.165, 1.54) is 6.92 Å². The number of rotatable bonds is 5. The van der Waals surface area contributed by atoms with E-state index in [-0.39, 0.29) is 12.5 Å². The van der Waals surface area contributed by atoms with Gasteiger partial charge in [-0.3, -0.25) is 0 Å². The Hall–Kier alpha value is -1.71. The van der Waals surface area contributed by atoms with Gasteiger partial charge in [-0.25, -0.2) is 13.2 Å². The van der Waals surface area contributed by atoms with Crippen LogP contribution in [0.4, 0.5) is 22.0 Å².